The number of rotatable bonds is 4. The number of likely N-dealkylation sites (tertiary alicyclic amines) is 1. The molecule has 2 amide bonds. The number of carboxylic acids is 1. The molecule has 0 radical (unpaired) electrons. The van der Waals surface area contributed by atoms with Crippen LogP contribution in [0.4, 0.5) is 4.79 Å². The number of aliphatic carboxylic acids is 1. The number of carbonyl (C=O) groups excluding carboxylic acids is 1. The van der Waals surface area contributed by atoms with Gasteiger partial charge in [0.1, 0.15) is 0 Å². The van der Waals surface area contributed by atoms with Crippen LogP contribution in [0, 0.1) is 17.3 Å². The van der Waals surface area contributed by atoms with Crippen LogP contribution in [-0.2, 0) is 4.79 Å². The number of nitrogens with zero attached hydrogens (tertiary/aromatic N) is 1. The fraction of sp³-hybridized carbons (Fsp3) is 0.875. The van der Waals surface area contributed by atoms with E-state index >= 15 is 0 Å². The Balaban J connectivity index is 2.55. The van der Waals surface area contributed by atoms with E-state index in [0.29, 0.717) is 12.3 Å². The Bertz CT molecular complexity index is 376. The Morgan fingerprint density at radius 2 is 1.95 bits per heavy atom. The van der Waals surface area contributed by atoms with Crippen molar-refractivity contribution < 1.29 is 14.7 Å². The molecule has 0 aliphatic carbocycles. The minimum atomic E-state index is -0.842. The lowest BCUT2D eigenvalue weighted by atomic mass is 9.84. The summed E-state index contributed by atoms with van der Waals surface area (Å²) < 4.78 is 0. The van der Waals surface area contributed by atoms with Crippen LogP contribution in [0.1, 0.15) is 53.9 Å². The molecule has 3 atom stereocenters. The number of piperidine rings is 1. The predicted octanol–water partition coefficient (Wildman–Crippen LogP) is 2.95. The third-order valence-electron chi connectivity index (χ3n) is 4.34. The maximum atomic E-state index is 12.3. The van der Waals surface area contributed by atoms with Crippen molar-refractivity contribution >= 4 is 12.0 Å². The van der Waals surface area contributed by atoms with Gasteiger partial charge in [0, 0.05) is 19.1 Å². The molecule has 0 aromatic rings. The summed E-state index contributed by atoms with van der Waals surface area (Å²) in [4.78, 5) is 25.4. The van der Waals surface area contributed by atoms with Crippen LogP contribution in [0.5, 0.6) is 0 Å². The summed E-state index contributed by atoms with van der Waals surface area (Å²) in [6.07, 6.45) is 2.71. The quantitative estimate of drug-likeness (QED) is 0.838. The largest absolute Gasteiger partial charge is 0.481 e. The highest BCUT2D eigenvalue weighted by molar-refractivity contribution is 5.76. The lowest BCUT2D eigenvalue weighted by Gasteiger charge is -2.38. The van der Waals surface area contributed by atoms with Gasteiger partial charge in [0.05, 0.1) is 5.92 Å². The first-order valence-electron chi connectivity index (χ1n) is 7.89. The fourth-order valence-corrected chi connectivity index (χ4v) is 2.92. The van der Waals surface area contributed by atoms with Crippen molar-refractivity contribution in [1.29, 1.82) is 0 Å². The second-order valence-corrected chi connectivity index (χ2v) is 7.54. The van der Waals surface area contributed by atoms with Crippen LogP contribution in [0.2, 0.25) is 0 Å². The Hall–Kier alpha value is -1.26. The smallest absolute Gasteiger partial charge is 0.317 e. The molecule has 0 spiro atoms. The Morgan fingerprint density at radius 3 is 2.48 bits per heavy atom. The second kappa shape index (κ2) is 7.14. The fourth-order valence-electron chi connectivity index (χ4n) is 2.92. The van der Waals surface area contributed by atoms with E-state index in [1.165, 1.54) is 0 Å². The third kappa shape index (κ3) is 5.56. The van der Waals surface area contributed by atoms with Crippen LogP contribution >= 0.6 is 0 Å². The highest BCUT2D eigenvalue weighted by atomic mass is 16.4. The first kappa shape index (κ1) is 17.8. The molecule has 5 nitrogen and oxygen atoms in total. The summed E-state index contributed by atoms with van der Waals surface area (Å²) in [7, 11) is 0. The van der Waals surface area contributed by atoms with Crippen LogP contribution in [0.15, 0.2) is 0 Å². The van der Waals surface area contributed by atoms with Gasteiger partial charge in [-0.05, 0) is 37.5 Å². The molecule has 1 fully saturated rings. The number of carbonyl (C=O) groups is 2. The highest BCUT2D eigenvalue weighted by Crippen LogP contribution is 2.25. The first-order valence-corrected chi connectivity index (χ1v) is 7.89. The Morgan fingerprint density at radius 1 is 1.33 bits per heavy atom. The lowest BCUT2D eigenvalue weighted by molar-refractivity contribution is -0.142. The van der Waals surface area contributed by atoms with Gasteiger partial charge in [-0.15, -0.1) is 0 Å². The molecular formula is C16H30N2O3. The molecule has 1 saturated heterocycles. The Labute approximate surface area is 128 Å². The number of hydrogen-bond donors (Lipinski definition) is 2. The van der Waals surface area contributed by atoms with Gasteiger partial charge in [0.25, 0.3) is 0 Å². The molecule has 0 aromatic carbocycles. The molecule has 1 heterocycles. The van der Waals surface area contributed by atoms with E-state index < -0.39 is 11.9 Å². The van der Waals surface area contributed by atoms with Crippen molar-refractivity contribution in [3.63, 3.8) is 0 Å². The lowest BCUT2D eigenvalue weighted by Crippen LogP contribution is -2.51. The monoisotopic (exact) mass is 298 g/mol. The highest BCUT2D eigenvalue weighted by Gasteiger charge is 2.30. The number of nitrogens with one attached hydrogen (secondary N) is 1. The standard InChI is InChI=1S/C16H30N2O3/c1-11-7-6-8-18(12(11)2)15(21)17-10-13(14(19)20)9-16(3,4)5/h11-13H,6-10H2,1-5H3,(H,17,21)(H,19,20). The van der Waals surface area contributed by atoms with E-state index in [1.54, 1.807) is 0 Å². The molecular weight excluding hydrogens is 268 g/mol. The van der Waals surface area contributed by atoms with Gasteiger partial charge in [-0.2, -0.15) is 0 Å². The zero-order chi connectivity index (χ0) is 16.2. The average molecular weight is 298 g/mol. The summed E-state index contributed by atoms with van der Waals surface area (Å²) >= 11 is 0. The van der Waals surface area contributed by atoms with Crippen molar-refractivity contribution in [2.24, 2.45) is 17.3 Å². The molecule has 21 heavy (non-hydrogen) atoms. The summed E-state index contributed by atoms with van der Waals surface area (Å²) in [5.74, 6) is -0.883. The normalized spacial score (nSPS) is 24.5. The molecule has 1 rings (SSSR count). The maximum Gasteiger partial charge on any atom is 0.317 e. The van der Waals surface area contributed by atoms with Gasteiger partial charge in [-0.3, -0.25) is 4.79 Å². The van der Waals surface area contributed by atoms with Gasteiger partial charge in [-0.25, -0.2) is 4.79 Å². The zero-order valence-electron chi connectivity index (χ0n) is 14.0. The number of amides is 2. The van der Waals surface area contributed by atoms with Gasteiger partial charge >= 0.3 is 12.0 Å². The summed E-state index contributed by atoms with van der Waals surface area (Å²) in [5.41, 5.74) is -0.0687. The zero-order valence-corrected chi connectivity index (χ0v) is 14.0. The number of urea groups is 1. The molecule has 122 valence electrons. The predicted molar refractivity (Wildman–Crippen MR) is 83.2 cm³/mol. The second-order valence-electron chi connectivity index (χ2n) is 7.54. The topological polar surface area (TPSA) is 69.6 Å². The van der Waals surface area contributed by atoms with Crippen LogP contribution in [-0.4, -0.2) is 41.1 Å². The Kier molecular flexibility index (Phi) is 6.05. The third-order valence-corrected chi connectivity index (χ3v) is 4.34. The van der Waals surface area contributed by atoms with E-state index in [4.69, 9.17) is 0 Å². The average Bonchev–Trinajstić information content (AvgIpc) is 2.35. The van der Waals surface area contributed by atoms with E-state index in [1.807, 2.05) is 25.7 Å². The first-order chi connectivity index (χ1) is 9.61. The summed E-state index contributed by atoms with van der Waals surface area (Å²) in [6.45, 7) is 11.2. The number of hydrogen-bond acceptors (Lipinski definition) is 2. The summed E-state index contributed by atoms with van der Waals surface area (Å²) in [6, 6.07) is 0.0823. The molecule has 0 aromatic heterocycles. The molecule has 0 saturated carbocycles. The van der Waals surface area contributed by atoms with Crippen molar-refractivity contribution in [2.75, 3.05) is 13.1 Å². The van der Waals surface area contributed by atoms with Crippen molar-refractivity contribution in [2.45, 2.75) is 59.9 Å². The van der Waals surface area contributed by atoms with Gasteiger partial charge < -0.3 is 15.3 Å². The van der Waals surface area contributed by atoms with E-state index in [0.717, 1.165) is 19.4 Å². The molecule has 0 bridgehead atoms. The molecule has 3 unspecified atom stereocenters. The van der Waals surface area contributed by atoms with Crippen LogP contribution in [0.3, 0.4) is 0 Å². The van der Waals surface area contributed by atoms with E-state index in [-0.39, 0.29) is 24.0 Å². The minimum Gasteiger partial charge on any atom is -0.481 e. The van der Waals surface area contributed by atoms with E-state index in [2.05, 4.69) is 19.2 Å². The van der Waals surface area contributed by atoms with Crippen molar-refractivity contribution in [3.8, 4) is 0 Å². The van der Waals surface area contributed by atoms with Crippen molar-refractivity contribution in [3.05, 3.63) is 0 Å². The molecule has 1 aliphatic heterocycles. The van der Waals surface area contributed by atoms with Crippen LogP contribution < -0.4 is 5.32 Å². The summed E-state index contributed by atoms with van der Waals surface area (Å²) in [5, 5.41) is 12.1. The van der Waals surface area contributed by atoms with Gasteiger partial charge in [0.15, 0.2) is 0 Å². The molecule has 5 heteroatoms. The van der Waals surface area contributed by atoms with E-state index in [9.17, 15) is 14.7 Å². The van der Waals surface area contributed by atoms with Crippen molar-refractivity contribution in [1.82, 2.24) is 10.2 Å². The van der Waals surface area contributed by atoms with Gasteiger partial charge in [0.2, 0.25) is 0 Å². The number of carboxylic acid groups (broad SMARTS) is 1. The van der Waals surface area contributed by atoms with Gasteiger partial charge in [-0.1, -0.05) is 27.7 Å². The maximum absolute atomic E-state index is 12.3. The van der Waals surface area contributed by atoms with Crippen LogP contribution in [0.25, 0.3) is 0 Å². The SMILES string of the molecule is CC1CCCN(C(=O)NCC(CC(C)(C)C)C(=O)O)C1C. The molecule has 1 aliphatic rings. The molecule has 2 N–H and O–H groups in total. The minimum absolute atomic E-state index is 0.0687.